The van der Waals surface area contributed by atoms with Crippen molar-refractivity contribution < 1.29 is 0 Å². The van der Waals surface area contributed by atoms with Gasteiger partial charge in [-0.25, -0.2) is 0 Å². The molecular formula is C2H6Cl3Sn. The van der Waals surface area contributed by atoms with E-state index in [-0.39, 0.29) is 0 Å². The summed E-state index contributed by atoms with van der Waals surface area (Å²) >= 11 is -2.22. The third-order valence-electron chi connectivity index (χ3n) is 0. The molecule has 0 aliphatic carbocycles. The van der Waals surface area contributed by atoms with Crippen LogP contribution in [-0.2, 0) is 0 Å². The minimum atomic E-state index is -2.22. The van der Waals surface area contributed by atoms with Crippen molar-refractivity contribution in [3.8, 4) is 0 Å². The SMILES string of the molecule is [CH2]C.[Cl][SnH]([Cl])[Cl]. The molecule has 0 N–H and O–H groups in total. The Morgan fingerprint density at radius 2 is 1.17 bits per heavy atom. The zero-order valence-corrected chi connectivity index (χ0v) is 8.98. The summed E-state index contributed by atoms with van der Waals surface area (Å²) in [5.74, 6) is 0. The molecule has 0 aromatic rings. The van der Waals surface area contributed by atoms with E-state index in [2.05, 4.69) is 6.92 Å². The number of hydrogen-bond acceptors (Lipinski definition) is 0. The van der Waals surface area contributed by atoms with Crippen LogP contribution in [0.1, 0.15) is 6.92 Å². The molecule has 0 heterocycles. The van der Waals surface area contributed by atoms with E-state index in [1.165, 1.54) is 0 Å². The van der Waals surface area contributed by atoms with Crippen LogP contribution in [0.3, 0.4) is 0 Å². The zero-order valence-electron chi connectivity index (χ0n) is 3.42. The first-order valence-corrected chi connectivity index (χ1v) is 13.9. The minimum absolute atomic E-state index is 1.75. The van der Waals surface area contributed by atoms with Gasteiger partial charge in [0.15, 0.2) is 0 Å². The van der Waals surface area contributed by atoms with Crippen LogP contribution in [-0.4, -0.2) is 16.4 Å². The van der Waals surface area contributed by atoms with E-state index < -0.39 is 16.4 Å². The van der Waals surface area contributed by atoms with Gasteiger partial charge in [-0.3, -0.25) is 0 Å². The van der Waals surface area contributed by atoms with Gasteiger partial charge >= 0.3 is 43.1 Å². The van der Waals surface area contributed by atoms with Gasteiger partial charge < -0.3 is 0 Å². The Bertz CT molecular complexity index is 13.5. The molecular weight excluding hydrogens is 249 g/mol. The summed E-state index contributed by atoms with van der Waals surface area (Å²) in [6, 6.07) is 0. The number of rotatable bonds is 0. The molecule has 0 amide bonds. The van der Waals surface area contributed by atoms with Crippen molar-refractivity contribution in [2.24, 2.45) is 0 Å². The predicted octanol–water partition coefficient (Wildman–Crippen LogP) is 2.26. The third-order valence-corrected chi connectivity index (χ3v) is 0. The molecule has 0 saturated heterocycles. The van der Waals surface area contributed by atoms with E-state index >= 15 is 0 Å². The third kappa shape index (κ3) is 44.4. The average molecular weight is 255 g/mol. The van der Waals surface area contributed by atoms with Gasteiger partial charge in [-0.2, -0.15) is 0 Å². The summed E-state index contributed by atoms with van der Waals surface area (Å²) in [7, 11) is 15.0. The van der Waals surface area contributed by atoms with Crippen molar-refractivity contribution >= 4 is 43.1 Å². The van der Waals surface area contributed by atoms with E-state index in [9.17, 15) is 0 Å². The summed E-state index contributed by atoms with van der Waals surface area (Å²) in [5, 5.41) is 0. The van der Waals surface area contributed by atoms with Crippen LogP contribution < -0.4 is 0 Å². The predicted molar refractivity (Wildman–Crippen MR) is 35.7 cm³/mol. The fraction of sp³-hybridized carbons (Fsp3) is 0.500. The van der Waals surface area contributed by atoms with Crippen LogP contribution in [0.5, 0.6) is 0 Å². The maximum atomic E-state index is 5.02. The first kappa shape index (κ1) is 10.6. The fourth-order valence-corrected chi connectivity index (χ4v) is 0. The van der Waals surface area contributed by atoms with E-state index in [0.29, 0.717) is 0 Å². The van der Waals surface area contributed by atoms with Crippen molar-refractivity contribution in [3.63, 3.8) is 0 Å². The topological polar surface area (TPSA) is 0 Å². The summed E-state index contributed by atoms with van der Waals surface area (Å²) in [4.78, 5) is 0. The Morgan fingerprint density at radius 3 is 1.17 bits per heavy atom. The average Bonchev–Trinajstić information content (AvgIpc) is 1.41. The maximum absolute atomic E-state index is 5.02. The second-order valence-corrected chi connectivity index (χ2v) is 14.9. The molecule has 0 spiro atoms. The van der Waals surface area contributed by atoms with E-state index in [1.54, 1.807) is 6.92 Å². The molecule has 0 aliphatic rings. The Hall–Kier alpha value is 1.67. The molecule has 4 heteroatoms. The van der Waals surface area contributed by atoms with Crippen molar-refractivity contribution in [1.82, 2.24) is 0 Å². The Morgan fingerprint density at radius 1 is 1.17 bits per heavy atom. The van der Waals surface area contributed by atoms with Crippen LogP contribution in [0, 0.1) is 6.92 Å². The monoisotopic (exact) mass is 255 g/mol. The molecule has 0 aromatic heterocycles. The summed E-state index contributed by atoms with van der Waals surface area (Å²) in [6.45, 7) is 5.00. The van der Waals surface area contributed by atoms with Crippen LogP contribution >= 0.6 is 26.8 Å². The van der Waals surface area contributed by atoms with E-state index in [1.807, 2.05) is 0 Å². The first-order chi connectivity index (χ1) is 2.73. The standard InChI is InChI=1S/C2H5.3ClH.Sn.H/c1-2;;;;;/h1H2,2H3;3*1H;;/q;;;;+3;/p-3. The molecule has 0 aromatic carbocycles. The van der Waals surface area contributed by atoms with Gasteiger partial charge in [-0.15, -0.1) is 0 Å². The van der Waals surface area contributed by atoms with Gasteiger partial charge in [0, 0.05) is 0 Å². The molecule has 39 valence electrons. The summed E-state index contributed by atoms with van der Waals surface area (Å²) in [5.41, 5.74) is 0. The van der Waals surface area contributed by atoms with E-state index in [4.69, 9.17) is 26.8 Å². The van der Waals surface area contributed by atoms with Crippen molar-refractivity contribution in [2.45, 2.75) is 6.92 Å². The van der Waals surface area contributed by atoms with Gasteiger partial charge in [-0.1, -0.05) is 13.8 Å². The molecule has 0 fully saturated rings. The summed E-state index contributed by atoms with van der Waals surface area (Å²) < 4.78 is 0. The van der Waals surface area contributed by atoms with Crippen LogP contribution in [0.2, 0.25) is 0 Å². The second-order valence-electron chi connectivity index (χ2n) is 0.247. The van der Waals surface area contributed by atoms with Crippen molar-refractivity contribution in [2.75, 3.05) is 0 Å². The Kier molecular flexibility index (Phi) is 17.4. The fourth-order valence-electron chi connectivity index (χ4n) is 0. The molecule has 0 bridgehead atoms. The van der Waals surface area contributed by atoms with Crippen LogP contribution in [0.15, 0.2) is 0 Å². The van der Waals surface area contributed by atoms with Gasteiger partial charge in [0.05, 0.1) is 0 Å². The number of hydrogen-bond donors (Lipinski definition) is 0. The van der Waals surface area contributed by atoms with E-state index in [0.717, 1.165) is 0 Å². The van der Waals surface area contributed by atoms with Crippen molar-refractivity contribution in [1.29, 1.82) is 0 Å². The van der Waals surface area contributed by atoms with Crippen LogP contribution in [0.4, 0.5) is 0 Å². The molecule has 0 unspecified atom stereocenters. The molecule has 6 heavy (non-hydrogen) atoms. The molecule has 1 radical (unpaired) electrons. The van der Waals surface area contributed by atoms with Gasteiger partial charge in [0.2, 0.25) is 0 Å². The normalized spacial score (nSPS) is 7.00. The molecule has 0 aliphatic heterocycles. The Labute approximate surface area is 56.7 Å². The summed E-state index contributed by atoms with van der Waals surface area (Å²) in [6.07, 6.45) is 0. The molecule has 0 rings (SSSR count). The quantitative estimate of drug-likeness (QED) is 0.582. The first-order valence-electron chi connectivity index (χ1n) is 1.36. The van der Waals surface area contributed by atoms with Crippen molar-refractivity contribution in [3.05, 3.63) is 6.92 Å². The second kappa shape index (κ2) is 9.83. The number of halogens is 3. The van der Waals surface area contributed by atoms with Gasteiger partial charge in [0.1, 0.15) is 0 Å². The zero-order chi connectivity index (χ0) is 5.58. The Balaban J connectivity index is 0. The van der Waals surface area contributed by atoms with Gasteiger partial charge in [-0.05, 0) is 0 Å². The molecule has 0 nitrogen and oxygen atoms in total. The molecule has 0 atom stereocenters. The van der Waals surface area contributed by atoms with Crippen LogP contribution in [0.25, 0.3) is 0 Å². The molecule has 0 saturated carbocycles. The van der Waals surface area contributed by atoms with Gasteiger partial charge in [0.25, 0.3) is 0 Å².